The van der Waals surface area contributed by atoms with Crippen LogP contribution in [0.3, 0.4) is 0 Å². The van der Waals surface area contributed by atoms with Crippen molar-refractivity contribution >= 4 is 11.6 Å². The molecule has 2 rings (SSSR count). The van der Waals surface area contributed by atoms with Crippen molar-refractivity contribution in [2.75, 3.05) is 0 Å². The number of nitrogens with two attached hydrogens (primary N) is 1. The monoisotopic (exact) mass is 251 g/mol. The van der Waals surface area contributed by atoms with Crippen molar-refractivity contribution in [1.29, 1.82) is 0 Å². The number of aromatic nitrogens is 2. The maximum Gasteiger partial charge on any atom is 0.244 e. The van der Waals surface area contributed by atoms with E-state index in [-0.39, 0.29) is 12.0 Å². The van der Waals surface area contributed by atoms with E-state index in [1.54, 1.807) is 6.07 Å². The first-order valence-electron chi connectivity index (χ1n) is 5.43. The standard InChI is InChI=1S/C12H14ClN3O/c1-7(2)10(14)12-15-11(16-17-12)8-5-3-4-6-9(8)13/h3-7,10H,14H2,1-2H3/t10-/m0/s1. The molecule has 1 aromatic carbocycles. The van der Waals surface area contributed by atoms with Gasteiger partial charge in [0.15, 0.2) is 0 Å². The zero-order chi connectivity index (χ0) is 12.4. The van der Waals surface area contributed by atoms with Gasteiger partial charge < -0.3 is 10.3 Å². The Morgan fingerprint density at radius 3 is 2.65 bits per heavy atom. The largest absolute Gasteiger partial charge is 0.337 e. The summed E-state index contributed by atoms with van der Waals surface area (Å²) in [7, 11) is 0. The van der Waals surface area contributed by atoms with Gasteiger partial charge in [-0.2, -0.15) is 4.98 Å². The predicted octanol–water partition coefficient (Wildman–Crippen LogP) is 3.05. The molecule has 90 valence electrons. The second-order valence-corrected chi connectivity index (χ2v) is 4.61. The van der Waals surface area contributed by atoms with E-state index in [9.17, 15) is 0 Å². The fourth-order valence-electron chi connectivity index (χ4n) is 1.41. The zero-order valence-corrected chi connectivity index (χ0v) is 10.5. The first kappa shape index (κ1) is 12.1. The summed E-state index contributed by atoms with van der Waals surface area (Å²) in [5, 5.41) is 4.50. The lowest BCUT2D eigenvalue weighted by Crippen LogP contribution is -2.16. The molecule has 0 aliphatic rings. The van der Waals surface area contributed by atoms with Gasteiger partial charge in [-0.3, -0.25) is 0 Å². The van der Waals surface area contributed by atoms with E-state index in [0.717, 1.165) is 5.56 Å². The minimum Gasteiger partial charge on any atom is -0.337 e. The SMILES string of the molecule is CC(C)[C@H](N)c1nc(-c2ccccc2Cl)no1. The Morgan fingerprint density at radius 1 is 1.29 bits per heavy atom. The lowest BCUT2D eigenvalue weighted by molar-refractivity contribution is 0.325. The number of rotatable bonds is 3. The lowest BCUT2D eigenvalue weighted by Gasteiger charge is -2.09. The molecule has 0 bridgehead atoms. The normalized spacial score (nSPS) is 13.0. The summed E-state index contributed by atoms with van der Waals surface area (Å²) < 4.78 is 5.15. The molecule has 1 aromatic heterocycles. The quantitative estimate of drug-likeness (QED) is 0.911. The Morgan fingerprint density at radius 2 is 2.00 bits per heavy atom. The molecule has 0 spiro atoms. The molecule has 0 radical (unpaired) electrons. The molecular weight excluding hydrogens is 238 g/mol. The van der Waals surface area contributed by atoms with Crippen LogP contribution in [0, 0.1) is 5.92 Å². The van der Waals surface area contributed by atoms with Crippen molar-refractivity contribution in [3.05, 3.63) is 35.2 Å². The van der Waals surface area contributed by atoms with Gasteiger partial charge in [0.1, 0.15) is 0 Å². The third kappa shape index (κ3) is 2.48. The lowest BCUT2D eigenvalue weighted by atomic mass is 10.1. The average molecular weight is 252 g/mol. The molecule has 0 saturated carbocycles. The number of halogens is 1. The summed E-state index contributed by atoms with van der Waals surface area (Å²) in [5.74, 6) is 1.16. The summed E-state index contributed by atoms with van der Waals surface area (Å²) in [5.41, 5.74) is 6.69. The van der Waals surface area contributed by atoms with Gasteiger partial charge in [0.05, 0.1) is 11.1 Å². The van der Waals surface area contributed by atoms with Gasteiger partial charge in [-0.25, -0.2) is 0 Å². The number of hydrogen-bond donors (Lipinski definition) is 1. The van der Waals surface area contributed by atoms with Gasteiger partial charge in [-0.05, 0) is 18.1 Å². The molecule has 2 aromatic rings. The zero-order valence-electron chi connectivity index (χ0n) is 9.72. The van der Waals surface area contributed by atoms with Crippen LogP contribution in [0.15, 0.2) is 28.8 Å². The van der Waals surface area contributed by atoms with E-state index in [1.807, 2.05) is 32.0 Å². The highest BCUT2D eigenvalue weighted by Gasteiger charge is 2.19. The molecule has 1 heterocycles. The van der Waals surface area contributed by atoms with Crippen LogP contribution in [0.1, 0.15) is 25.8 Å². The van der Waals surface area contributed by atoms with E-state index < -0.39 is 0 Å². The van der Waals surface area contributed by atoms with Crippen molar-refractivity contribution < 1.29 is 4.52 Å². The highest BCUT2D eigenvalue weighted by Crippen LogP contribution is 2.26. The maximum atomic E-state index is 6.06. The van der Waals surface area contributed by atoms with Gasteiger partial charge in [-0.15, -0.1) is 0 Å². The highest BCUT2D eigenvalue weighted by molar-refractivity contribution is 6.33. The molecule has 2 N–H and O–H groups in total. The van der Waals surface area contributed by atoms with E-state index in [4.69, 9.17) is 21.9 Å². The average Bonchev–Trinajstić information content (AvgIpc) is 2.77. The maximum absolute atomic E-state index is 6.06. The Balaban J connectivity index is 2.34. The first-order chi connectivity index (χ1) is 8.09. The molecule has 0 aliphatic carbocycles. The van der Waals surface area contributed by atoms with Crippen LogP contribution in [-0.2, 0) is 0 Å². The van der Waals surface area contributed by atoms with Gasteiger partial charge in [0.25, 0.3) is 0 Å². The molecule has 4 nitrogen and oxygen atoms in total. The van der Waals surface area contributed by atoms with E-state index in [1.165, 1.54) is 0 Å². The molecule has 1 atom stereocenters. The molecule has 0 amide bonds. The van der Waals surface area contributed by atoms with Gasteiger partial charge in [-0.1, -0.05) is 42.7 Å². The van der Waals surface area contributed by atoms with Crippen molar-refractivity contribution in [2.24, 2.45) is 11.7 Å². The van der Waals surface area contributed by atoms with Crippen LogP contribution < -0.4 is 5.73 Å². The van der Waals surface area contributed by atoms with Crippen LogP contribution in [0.4, 0.5) is 0 Å². The van der Waals surface area contributed by atoms with Crippen LogP contribution in [0.25, 0.3) is 11.4 Å². The molecule has 0 unspecified atom stereocenters. The van der Waals surface area contributed by atoms with Crippen molar-refractivity contribution in [2.45, 2.75) is 19.9 Å². The topological polar surface area (TPSA) is 64.9 Å². The van der Waals surface area contributed by atoms with Gasteiger partial charge >= 0.3 is 0 Å². The van der Waals surface area contributed by atoms with Crippen molar-refractivity contribution in [3.8, 4) is 11.4 Å². The third-order valence-electron chi connectivity index (χ3n) is 2.56. The van der Waals surface area contributed by atoms with Crippen LogP contribution in [-0.4, -0.2) is 10.1 Å². The molecule has 17 heavy (non-hydrogen) atoms. The van der Waals surface area contributed by atoms with Crippen LogP contribution in [0.2, 0.25) is 5.02 Å². The second kappa shape index (κ2) is 4.85. The fourth-order valence-corrected chi connectivity index (χ4v) is 1.63. The smallest absolute Gasteiger partial charge is 0.244 e. The van der Waals surface area contributed by atoms with Crippen molar-refractivity contribution in [1.82, 2.24) is 10.1 Å². The van der Waals surface area contributed by atoms with Crippen molar-refractivity contribution in [3.63, 3.8) is 0 Å². The minimum atomic E-state index is -0.251. The van der Waals surface area contributed by atoms with Gasteiger partial charge in [0.2, 0.25) is 11.7 Å². The van der Waals surface area contributed by atoms with Crippen LogP contribution >= 0.6 is 11.6 Å². The fraction of sp³-hybridized carbons (Fsp3) is 0.333. The van der Waals surface area contributed by atoms with E-state index in [0.29, 0.717) is 16.7 Å². The Bertz CT molecular complexity index is 510. The summed E-state index contributed by atoms with van der Waals surface area (Å²) in [6.07, 6.45) is 0. The molecule has 0 saturated heterocycles. The first-order valence-corrected chi connectivity index (χ1v) is 5.81. The Kier molecular flexibility index (Phi) is 3.45. The third-order valence-corrected chi connectivity index (χ3v) is 2.89. The summed E-state index contributed by atoms with van der Waals surface area (Å²) in [6.45, 7) is 4.01. The molecular formula is C12H14ClN3O. The highest BCUT2D eigenvalue weighted by atomic mass is 35.5. The Labute approximate surface area is 105 Å². The molecule has 5 heteroatoms. The summed E-state index contributed by atoms with van der Waals surface area (Å²) in [4.78, 5) is 4.28. The molecule has 0 fully saturated rings. The predicted molar refractivity (Wildman–Crippen MR) is 66.5 cm³/mol. The van der Waals surface area contributed by atoms with Crippen LogP contribution in [0.5, 0.6) is 0 Å². The van der Waals surface area contributed by atoms with E-state index in [2.05, 4.69) is 10.1 Å². The number of benzene rings is 1. The minimum absolute atomic E-state index is 0.245. The second-order valence-electron chi connectivity index (χ2n) is 4.21. The van der Waals surface area contributed by atoms with E-state index >= 15 is 0 Å². The number of nitrogens with zero attached hydrogens (tertiary/aromatic N) is 2. The Hall–Kier alpha value is -1.39. The molecule has 0 aliphatic heterocycles. The number of hydrogen-bond acceptors (Lipinski definition) is 4. The summed E-state index contributed by atoms with van der Waals surface area (Å²) in [6, 6.07) is 7.11. The van der Waals surface area contributed by atoms with Gasteiger partial charge in [0, 0.05) is 5.56 Å². The summed E-state index contributed by atoms with van der Waals surface area (Å²) >= 11 is 6.06.